The van der Waals surface area contributed by atoms with Crippen LogP contribution in [-0.4, -0.2) is 13.2 Å². The lowest BCUT2D eigenvalue weighted by Crippen LogP contribution is -2.38. The first kappa shape index (κ1) is 13.1. The van der Waals surface area contributed by atoms with E-state index in [0.29, 0.717) is 5.92 Å². The average Bonchev–Trinajstić information content (AvgIpc) is 2.41. The number of hydrogen-bond acceptors (Lipinski definition) is 3. The van der Waals surface area contributed by atoms with E-state index in [2.05, 4.69) is 29.7 Å². The molecule has 0 radical (unpaired) electrons. The summed E-state index contributed by atoms with van der Waals surface area (Å²) in [6, 6.07) is 9.05. The summed E-state index contributed by atoms with van der Waals surface area (Å²) in [5.74, 6) is 7.11. The molecule has 104 valence electrons. The standard InChI is InChI=1S/C16H24N2O/c17-18-16(13-7-4-10-19-11-13)15-9-2-1-8-14(15)12-5-3-6-12/h1-2,8-9,12-13,16,18H,3-7,10-11,17H2. The van der Waals surface area contributed by atoms with E-state index >= 15 is 0 Å². The van der Waals surface area contributed by atoms with Crippen LogP contribution in [0.2, 0.25) is 0 Å². The van der Waals surface area contributed by atoms with Crippen LogP contribution in [0.25, 0.3) is 0 Å². The second-order valence-electron chi connectivity index (χ2n) is 5.88. The molecule has 1 aromatic carbocycles. The minimum atomic E-state index is 0.233. The molecule has 1 saturated carbocycles. The summed E-state index contributed by atoms with van der Waals surface area (Å²) in [4.78, 5) is 0. The number of rotatable bonds is 4. The van der Waals surface area contributed by atoms with Crippen LogP contribution in [0.1, 0.15) is 55.2 Å². The third-order valence-electron chi connectivity index (χ3n) is 4.72. The molecule has 0 aromatic heterocycles. The molecule has 3 N–H and O–H groups in total. The Kier molecular flexibility index (Phi) is 4.16. The minimum absolute atomic E-state index is 0.233. The molecule has 1 saturated heterocycles. The van der Waals surface area contributed by atoms with Crippen LogP contribution in [0.15, 0.2) is 24.3 Å². The number of hydrogen-bond donors (Lipinski definition) is 2. The fourth-order valence-electron chi connectivity index (χ4n) is 3.39. The molecular formula is C16H24N2O. The second kappa shape index (κ2) is 6.04. The number of ether oxygens (including phenoxy) is 1. The average molecular weight is 260 g/mol. The Morgan fingerprint density at radius 2 is 2.00 bits per heavy atom. The molecule has 1 aromatic rings. The fraction of sp³-hybridized carbons (Fsp3) is 0.625. The molecule has 0 spiro atoms. The predicted molar refractivity (Wildman–Crippen MR) is 76.6 cm³/mol. The van der Waals surface area contributed by atoms with Gasteiger partial charge in [-0.2, -0.15) is 0 Å². The van der Waals surface area contributed by atoms with E-state index < -0.39 is 0 Å². The Balaban J connectivity index is 1.85. The molecule has 2 fully saturated rings. The summed E-state index contributed by atoms with van der Waals surface area (Å²) in [6.07, 6.45) is 6.37. The Labute approximate surface area is 115 Å². The van der Waals surface area contributed by atoms with Crippen molar-refractivity contribution in [3.8, 4) is 0 Å². The Morgan fingerprint density at radius 3 is 2.63 bits per heavy atom. The third-order valence-corrected chi connectivity index (χ3v) is 4.72. The number of nitrogens with two attached hydrogens (primary N) is 1. The molecule has 0 bridgehead atoms. The van der Waals surface area contributed by atoms with Gasteiger partial charge in [-0.3, -0.25) is 11.3 Å². The van der Waals surface area contributed by atoms with Gasteiger partial charge in [0.2, 0.25) is 0 Å². The van der Waals surface area contributed by atoms with Crippen molar-refractivity contribution in [2.45, 2.75) is 44.1 Å². The van der Waals surface area contributed by atoms with Gasteiger partial charge in [-0.1, -0.05) is 30.7 Å². The van der Waals surface area contributed by atoms with E-state index in [1.165, 1.54) is 36.8 Å². The smallest absolute Gasteiger partial charge is 0.0513 e. The van der Waals surface area contributed by atoms with Gasteiger partial charge < -0.3 is 4.74 Å². The molecule has 1 aliphatic heterocycles. The van der Waals surface area contributed by atoms with Crippen molar-refractivity contribution in [1.82, 2.24) is 5.43 Å². The highest BCUT2D eigenvalue weighted by Crippen LogP contribution is 2.41. The highest BCUT2D eigenvalue weighted by Gasteiger charge is 2.29. The van der Waals surface area contributed by atoms with Gasteiger partial charge in [0, 0.05) is 12.5 Å². The van der Waals surface area contributed by atoms with Gasteiger partial charge in [0.25, 0.3) is 0 Å². The zero-order valence-corrected chi connectivity index (χ0v) is 11.5. The summed E-state index contributed by atoms with van der Waals surface area (Å²) in [5.41, 5.74) is 5.95. The molecule has 0 amide bonds. The highest BCUT2D eigenvalue weighted by molar-refractivity contribution is 5.34. The molecule has 1 aliphatic carbocycles. The summed E-state index contributed by atoms with van der Waals surface area (Å²) < 4.78 is 5.63. The summed E-state index contributed by atoms with van der Waals surface area (Å²) >= 11 is 0. The van der Waals surface area contributed by atoms with E-state index in [1.54, 1.807) is 0 Å². The molecule has 19 heavy (non-hydrogen) atoms. The monoisotopic (exact) mass is 260 g/mol. The molecule has 3 heteroatoms. The molecule has 3 rings (SSSR count). The normalized spacial score (nSPS) is 25.8. The molecule has 2 aliphatic rings. The Bertz CT molecular complexity index is 411. The summed E-state index contributed by atoms with van der Waals surface area (Å²) in [6.45, 7) is 1.73. The van der Waals surface area contributed by atoms with Gasteiger partial charge >= 0.3 is 0 Å². The number of benzene rings is 1. The van der Waals surface area contributed by atoms with Crippen LogP contribution in [-0.2, 0) is 4.74 Å². The second-order valence-corrected chi connectivity index (χ2v) is 5.88. The topological polar surface area (TPSA) is 47.3 Å². The largest absolute Gasteiger partial charge is 0.381 e. The zero-order chi connectivity index (χ0) is 13.1. The molecule has 3 nitrogen and oxygen atoms in total. The van der Waals surface area contributed by atoms with Gasteiger partial charge in [-0.05, 0) is 42.7 Å². The van der Waals surface area contributed by atoms with Crippen molar-refractivity contribution in [1.29, 1.82) is 0 Å². The zero-order valence-electron chi connectivity index (χ0n) is 11.5. The first-order valence-electron chi connectivity index (χ1n) is 7.53. The van der Waals surface area contributed by atoms with Crippen molar-refractivity contribution in [3.63, 3.8) is 0 Å². The predicted octanol–water partition coefficient (Wildman–Crippen LogP) is 2.89. The Morgan fingerprint density at radius 1 is 1.16 bits per heavy atom. The van der Waals surface area contributed by atoms with E-state index in [4.69, 9.17) is 10.6 Å². The van der Waals surface area contributed by atoms with Crippen LogP contribution >= 0.6 is 0 Å². The van der Waals surface area contributed by atoms with E-state index in [0.717, 1.165) is 25.6 Å². The summed E-state index contributed by atoms with van der Waals surface area (Å²) in [5, 5.41) is 0. The highest BCUT2D eigenvalue weighted by atomic mass is 16.5. The minimum Gasteiger partial charge on any atom is -0.381 e. The van der Waals surface area contributed by atoms with E-state index in [1.807, 2.05) is 0 Å². The summed E-state index contributed by atoms with van der Waals surface area (Å²) in [7, 11) is 0. The maximum Gasteiger partial charge on any atom is 0.0513 e. The van der Waals surface area contributed by atoms with Crippen LogP contribution in [0.4, 0.5) is 0 Å². The van der Waals surface area contributed by atoms with E-state index in [9.17, 15) is 0 Å². The van der Waals surface area contributed by atoms with Crippen LogP contribution in [0.5, 0.6) is 0 Å². The quantitative estimate of drug-likeness (QED) is 0.646. The van der Waals surface area contributed by atoms with Crippen molar-refractivity contribution < 1.29 is 4.74 Å². The first-order chi connectivity index (χ1) is 9.40. The van der Waals surface area contributed by atoms with Crippen molar-refractivity contribution in [2.24, 2.45) is 11.8 Å². The maximum atomic E-state index is 5.86. The van der Waals surface area contributed by atoms with Gasteiger partial charge in [0.15, 0.2) is 0 Å². The molecule has 2 atom stereocenters. The van der Waals surface area contributed by atoms with Crippen molar-refractivity contribution in [3.05, 3.63) is 35.4 Å². The van der Waals surface area contributed by atoms with Gasteiger partial charge in [0.05, 0.1) is 12.6 Å². The van der Waals surface area contributed by atoms with Crippen molar-refractivity contribution in [2.75, 3.05) is 13.2 Å². The molecule has 1 heterocycles. The SMILES string of the molecule is NNC(c1ccccc1C1CCC1)C1CCCOC1. The fourth-order valence-corrected chi connectivity index (χ4v) is 3.39. The Hall–Kier alpha value is -0.900. The molecular weight excluding hydrogens is 236 g/mol. The lowest BCUT2D eigenvalue weighted by atomic mass is 9.75. The van der Waals surface area contributed by atoms with Gasteiger partial charge in [0.1, 0.15) is 0 Å². The number of hydrazine groups is 1. The molecule has 2 unspecified atom stereocenters. The van der Waals surface area contributed by atoms with Crippen LogP contribution in [0.3, 0.4) is 0 Å². The van der Waals surface area contributed by atoms with Crippen LogP contribution < -0.4 is 11.3 Å². The third kappa shape index (κ3) is 2.69. The number of nitrogens with one attached hydrogen (secondary N) is 1. The van der Waals surface area contributed by atoms with Crippen molar-refractivity contribution >= 4 is 0 Å². The first-order valence-corrected chi connectivity index (χ1v) is 7.53. The van der Waals surface area contributed by atoms with Gasteiger partial charge in [-0.15, -0.1) is 0 Å². The lowest BCUT2D eigenvalue weighted by Gasteiger charge is -2.34. The van der Waals surface area contributed by atoms with E-state index in [-0.39, 0.29) is 6.04 Å². The van der Waals surface area contributed by atoms with Gasteiger partial charge in [-0.25, -0.2) is 0 Å². The maximum absolute atomic E-state index is 5.86. The lowest BCUT2D eigenvalue weighted by molar-refractivity contribution is 0.0387. The van der Waals surface area contributed by atoms with Crippen LogP contribution in [0, 0.1) is 5.92 Å².